The first-order valence-electron chi connectivity index (χ1n) is 13.0. The van der Waals surface area contributed by atoms with Gasteiger partial charge in [-0.2, -0.15) is 0 Å². The van der Waals surface area contributed by atoms with E-state index < -0.39 is 0 Å². The molecule has 0 radical (unpaired) electrons. The molecule has 2 aromatic carbocycles. The van der Waals surface area contributed by atoms with E-state index in [0.29, 0.717) is 40.8 Å². The normalized spacial score (nSPS) is 17.7. The number of nitrogens with one attached hydrogen (secondary N) is 1. The number of carbonyl (C=O) groups is 1. The predicted molar refractivity (Wildman–Crippen MR) is 153 cm³/mol. The smallest absolute Gasteiger partial charge is 0.252 e. The number of rotatable bonds is 9. The van der Waals surface area contributed by atoms with E-state index in [9.17, 15) is 4.79 Å². The van der Waals surface area contributed by atoms with Gasteiger partial charge in [-0.05, 0) is 89.0 Å². The minimum absolute atomic E-state index is 0.147. The summed E-state index contributed by atoms with van der Waals surface area (Å²) >= 11 is 12.7. The molecule has 6 nitrogen and oxygen atoms in total. The number of amides is 1. The van der Waals surface area contributed by atoms with Crippen LogP contribution >= 0.6 is 23.2 Å². The van der Waals surface area contributed by atoms with Crippen molar-refractivity contribution < 1.29 is 4.79 Å². The third-order valence-electron chi connectivity index (χ3n) is 7.53. The second-order valence-electron chi connectivity index (χ2n) is 10.1. The van der Waals surface area contributed by atoms with Gasteiger partial charge >= 0.3 is 0 Å². The lowest BCUT2D eigenvalue weighted by molar-refractivity contribution is 0.0949. The van der Waals surface area contributed by atoms with E-state index in [4.69, 9.17) is 23.2 Å². The Kier molecular flexibility index (Phi) is 9.17. The maximum Gasteiger partial charge on any atom is 0.252 e. The van der Waals surface area contributed by atoms with Crippen molar-refractivity contribution in [2.45, 2.75) is 64.7 Å². The average Bonchev–Trinajstić information content (AvgIpc) is 3.32. The summed E-state index contributed by atoms with van der Waals surface area (Å²) < 4.78 is 2.02. The third kappa shape index (κ3) is 6.67. The average molecular weight is 543 g/mol. The summed E-state index contributed by atoms with van der Waals surface area (Å²) in [6.45, 7) is 6.03. The summed E-state index contributed by atoms with van der Waals surface area (Å²) in [5.74, 6) is 0.631. The van der Waals surface area contributed by atoms with Crippen molar-refractivity contribution in [3.05, 3.63) is 81.4 Å². The maximum absolute atomic E-state index is 13.3. The second-order valence-corrected chi connectivity index (χ2v) is 11.0. The van der Waals surface area contributed by atoms with E-state index >= 15 is 0 Å². The van der Waals surface area contributed by atoms with Gasteiger partial charge in [0.25, 0.3) is 5.91 Å². The Labute approximate surface area is 230 Å². The van der Waals surface area contributed by atoms with Crippen molar-refractivity contribution in [3.63, 3.8) is 0 Å². The minimum Gasteiger partial charge on any atom is -0.369 e. The van der Waals surface area contributed by atoms with Crippen LogP contribution in [0.3, 0.4) is 0 Å². The number of carbonyl (C=O) groups excluding carboxylic acids is 1. The first-order chi connectivity index (χ1) is 17.8. The highest BCUT2D eigenvalue weighted by Crippen LogP contribution is 2.34. The zero-order chi connectivity index (χ0) is 26.5. The zero-order valence-electron chi connectivity index (χ0n) is 22.2. The van der Waals surface area contributed by atoms with Gasteiger partial charge in [0.1, 0.15) is 5.82 Å². The van der Waals surface area contributed by atoms with Gasteiger partial charge in [-0.1, -0.05) is 35.3 Å². The number of hydrogen-bond acceptors (Lipinski definition) is 4. The standard InChI is InChI=1S/C29H37Cl2N5O/c1-5-36(25-11-9-24(10-12-25)34(3)4)27-17-23(31)16-26(20(27)2)29(37)33-18-28-32-13-14-35(28)19-21-7-6-8-22(30)15-21/h6-8,13-17,24-25H,5,9-12,18-19H2,1-4H3,(H,33,37). The van der Waals surface area contributed by atoms with E-state index in [-0.39, 0.29) is 5.91 Å². The molecule has 0 unspecified atom stereocenters. The van der Waals surface area contributed by atoms with E-state index in [1.807, 2.05) is 48.0 Å². The highest BCUT2D eigenvalue weighted by Gasteiger charge is 2.28. The maximum atomic E-state index is 13.3. The Morgan fingerprint density at radius 1 is 1.08 bits per heavy atom. The molecule has 1 aromatic heterocycles. The fourth-order valence-electron chi connectivity index (χ4n) is 5.45. The Bertz CT molecular complexity index is 1220. The molecule has 8 heteroatoms. The van der Waals surface area contributed by atoms with Gasteiger partial charge in [0.2, 0.25) is 0 Å². The van der Waals surface area contributed by atoms with Gasteiger partial charge in [0.15, 0.2) is 0 Å². The molecule has 0 spiro atoms. The van der Waals surface area contributed by atoms with Gasteiger partial charge in [-0.25, -0.2) is 4.98 Å². The highest BCUT2D eigenvalue weighted by molar-refractivity contribution is 6.31. The Balaban J connectivity index is 1.47. The number of hydrogen-bond donors (Lipinski definition) is 1. The zero-order valence-corrected chi connectivity index (χ0v) is 23.7. The Hall–Kier alpha value is -2.54. The van der Waals surface area contributed by atoms with E-state index in [2.05, 4.69) is 41.1 Å². The van der Waals surface area contributed by atoms with Crippen molar-refractivity contribution in [1.29, 1.82) is 0 Å². The Morgan fingerprint density at radius 2 is 1.81 bits per heavy atom. The number of imidazole rings is 1. The van der Waals surface area contributed by atoms with E-state index in [1.54, 1.807) is 12.3 Å². The number of aromatic nitrogens is 2. The largest absolute Gasteiger partial charge is 0.369 e. The first kappa shape index (κ1) is 27.5. The molecule has 198 valence electrons. The Morgan fingerprint density at radius 3 is 2.49 bits per heavy atom. The van der Waals surface area contributed by atoms with Gasteiger partial charge in [-0.3, -0.25) is 4.79 Å². The number of benzene rings is 2. The fraction of sp³-hybridized carbons (Fsp3) is 0.448. The van der Waals surface area contributed by atoms with Crippen LogP contribution < -0.4 is 10.2 Å². The summed E-state index contributed by atoms with van der Waals surface area (Å²) in [4.78, 5) is 22.6. The summed E-state index contributed by atoms with van der Waals surface area (Å²) in [5.41, 5.74) is 3.69. The summed E-state index contributed by atoms with van der Waals surface area (Å²) in [5, 5.41) is 4.34. The van der Waals surface area contributed by atoms with Crippen molar-refractivity contribution in [3.8, 4) is 0 Å². The topological polar surface area (TPSA) is 53.4 Å². The van der Waals surface area contributed by atoms with Crippen LogP contribution in [-0.2, 0) is 13.1 Å². The molecular weight excluding hydrogens is 505 g/mol. The molecule has 1 saturated carbocycles. The monoisotopic (exact) mass is 541 g/mol. The summed E-state index contributed by atoms with van der Waals surface area (Å²) in [6, 6.07) is 12.6. The van der Waals surface area contributed by atoms with E-state index in [0.717, 1.165) is 42.0 Å². The van der Waals surface area contributed by atoms with Crippen molar-refractivity contribution in [2.24, 2.45) is 0 Å². The molecule has 1 N–H and O–H groups in total. The quantitative estimate of drug-likeness (QED) is 0.351. The lowest BCUT2D eigenvalue weighted by atomic mass is 9.89. The van der Waals surface area contributed by atoms with E-state index in [1.165, 1.54) is 12.8 Å². The third-order valence-corrected chi connectivity index (χ3v) is 7.98. The molecule has 1 fully saturated rings. The van der Waals surface area contributed by atoms with Crippen molar-refractivity contribution >= 4 is 34.8 Å². The number of halogens is 2. The van der Waals surface area contributed by atoms with Crippen LogP contribution in [0.15, 0.2) is 48.8 Å². The molecule has 1 aliphatic rings. The van der Waals surface area contributed by atoms with Crippen LogP contribution in [0.5, 0.6) is 0 Å². The molecule has 37 heavy (non-hydrogen) atoms. The predicted octanol–water partition coefficient (Wildman–Crippen LogP) is 6.18. The van der Waals surface area contributed by atoms with Crippen LogP contribution in [0.4, 0.5) is 5.69 Å². The molecule has 3 aromatic rings. The fourth-order valence-corrected chi connectivity index (χ4v) is 5.87. The molecule has 4 rings (SSSR count). The SMILES string of the molecule is CCN(c1cc(Cl)cc(C(=O)NCc2nccn2Cc2cccc(Cl)c2)c1C)C1CCC(N(C)C)CC1. The summed E-state index contributed by atoms with van der Waals surface area (Å²) in [7, 11) is 4.33. The number of anilines is 1. The molecule has 0 atom stereocenters. The van der Waals surface area contributed by atoms with Gasteiger partial charge in [-0.15, -0.1) is 0 Å². The van der Waals surface area contributed by atoms with Gasteiger partial charge in [0.05, 0.1) is 6.54 Å². The second kappa shape index (κ2) is 12.3. The van der Waals surface area contributed by atoms with Crippen LogP contribution in [0.1, 0.15) is 59.9 Å². The van der Waals surface area contributed by atoms with Crippen LogP contribution in [0.25, 0.3) is 0 Å². The minimum atomic E-state index is -0.147. The molecule has 0 aliphatic heterocycles. The lowest BCUT2D eigenvalue weighted by Crippen LogP contribution is -2.42. The molecular formula is C29H37Cl2N5O. The van der Waals surface area contributed by atoms with Crippen LogP contribution in [-0.4, -0.2) is 53.1 Å². The van der Waals surface area contributed by atoms with Gasteiger partial charge in [0, 0.05) is 58.9 Å². The van der Waals surface area contributed by atoms with Crippen molar-refractivity contribution in [2.75, 3.05) is 25.5 Å². The highest BCUT2D eigenvalue weighted by atomic mass is 35.5. The molecule has 1 amide bonds. The van der Waals surface area contributed by atoms with Crippen LogP contribution in [0, 0.1) is 6.92 Å². The first-order valence-corrected chi connectivity index (χ1v) is 13.8. The van der Waals surface area contributed by atoms with Gasteiger partial charge < -0.3 is 19.7 Å². The van der Waals surface area contributed by atoms with Crippen LogP contribution in [0.2, 0.25) is 10.0 Å². The van der Waals surface area contributed by atoms with Crippen molar-refractivity contribution in [1.82, 2.24) is 19.8 Å². The molecule has 0 bridgehead atoms. The molecule has 1 aliphatic carbocycles. The lowest BCUT2D eigenvalue weighted by Gasteiger charge is -2.40. The molecule has 0 saturated heterocycles. The molecule has 1 heterocycles. The number of nitrogens with zero attached hydrogens (tertiary/aromatic N) is 4. The summed E-state index contributed by atoms with van der Waals surface area (Å²) in [6.07, 6.45) is 8.30.